The Morgan fingerprint density at radius 3 is 2.79 bits per heavy atom. The monoisotopic (exact) mass is 363 g/mol. The Kier molecular flexibility index (Phi) is 4.28. The van der Waals surface area contributed by atoms with Crippen molar-refractivity contribution in [2.75, 3.05) is 7.11 Å². The highest BCUT2D eigenvalue weighted by Gasteiger charge is 2.17. The Bertz CT molecular complexity index is 631. The normalized spacial score (nSPS) is 10.3. The van der Waals surface area contributed by atoms with Crippen LogP contribution in [0.3, 0.4) is 0 Å². The van der Waals surface area contributed by atoms with Crippen molar-refractivity contribution < 1.29 is 19.4 Å². The third kappa shape index (κ3) is 3.17. The molecule has 0 bridgehead atoms. The third-order valence-electron chi connectivity index (χ3n) is 2.10. The first-order chi connectivity index (χ1) is 9.01. The summed E-state index contributed by atoms with van der Waals surface area (Å²) in [6.45, 7) is 0. The van der Waals surface area contributed by atoms with E-state index in [1.807, 2.05) is 0 Å². The van der Waals surface area contributed by atoms with Gasteiger partial charge in [-0.2, -0.15) is 4.98 Å². The van der Waals surface area contributed by atoms with E-state index in [1.165, 1.54) is 0 Å². The molecule has 0 spiro atoms. The largest absolute Gasteiger partial charge is 0.497 e. The van der Waals surface area contributed by atoms with Gasteiger partial charge in [0.2, 0.25) is 0 Å². The predicted molar refractivity (Wildman–Crippen MR) is 74.9 cm³/mol. The van der Waals surface area contributed by atoms with E-state index in [1.54, 1.807) is 25.3 Å². The van der Waals surface area contributed by atoms with Crippen LogP contribution < -0.4 is 9.47 Å². The standard InChI is InChI=1S/C11H7BrClNO4S/c1-17-5-2-3-7(6(12)4-5)18-11-14-9(13)8(19-11)10(15)16/h2-4H,1H3,(H,15,16). The molecule has 0 aliphatic carbocycles. The maximum absolute atomic E-state index is 10.8. The number of nitrogens with zero attached hydrogens (tertiary/aromatic N) is 1. The van der Waals surface area contributed by atoms with Crippen LogP contribution in [0, 0.1) is 0 Å². The smallest absolute Gasteiger partial charge is 0.349 e. The molecule has 0 fully saturated rings. The van der Waals surface area contributed by atoms with Gasteiger partial charge in [-0.1, -0.05) is 22.9 Å². The maximum Gasteiger partial charge on any atom is 0.349 e. The summed E-state index contributed by atoms with van der Waals surface area (Å²) in [6.07, 6.45) is 0. The minimum absolute atomic E-state index is 0.0544. The van der Waals surface area contributed by atoms with Crippen LogP contribution in [0.5, 0.6) is 16.7 Å². The molecule has 19 heavy (non-hydrogen) atoms. The van der Waals surface area contributed by atoms with Gasteiger partial charge in [0, 0.05) is 0 Å². The van der Waals surface area contributed by atoms with Crippen molar-refractivity contribution >= 4 is 44.8 Å². The van der Waals surface area contributed by atoms with E-state index in [4.69, 9.17) is 26.2 Å². The average molecular weight is 365 g/mol. The fraction of sp³-hybridized carbons (Fsp3) is 0.0909. The van der Waals surface area contributed by atoms with Crippen molar-refractivity contribution in [3.05, 3.63) is 32.7 Å². The van der Waals surface area contributed by atoms with Crippen molar-refractivity contribution in [2.45, 2.75) is 0 Å². The number of carboxylic acids is 1. The van der Waals surface area contributed by atoms with Crippen LogP contribution in [0.1, 0.15) is 9.67 Å². The molecule has 2 aromatic rings. The molecule has 100 valence electrons. The van der Waals surface area contributed by atoms with Crippen LogP contribution in [-0.4, -0.2) is 23.2 Å². The van der Waals surface area contributed by atoms with Gasteiger partial charge >= 0.3 is 5.97 Å². The van der Waals surface area contributed by atoms with Gasteiger partial charge in [-0.25, -0.2) is 4.79 Å². The molecule has 8 heteroatoms. The number of methoxy groups -OCH3 is 1. The zero-order valence-corrected chi connectivity index (χ0v) is 12.7. The molecule has 1 aromatic carbocycles. The van der Waals surface area contributed by atoms with Gasteiger partial charge < -0.3 is 14.6 Å². The number of aromatic carboxylic acids is 1. The number of carboxylic acid groups (broad SMARTS) is 1. The Labute approximate surface area is 125 Å². The van der Waals surface area contributed by atoms with Crippen molar-refractivity contribution in [1.29, 1.82) is 0 Å². The Hall–Kier alpha value is -1.31. The quantitative estimate of drug-likeness (QED) is 0.886. The second-order valence-corrected chi connectivity index (χ2v) is 5.48. The molecule has 0 unspecified atom stereocenters. The lowest BCUT2D eigenvalue weighted by atomic mass is 10.3. The van der Waals surface area contributed by atoms with E-state index in [2.05, 4.69) is 20.9 Å². The highest BCUT2D eigenvalue weighted by atomic mass is 79.9. The molecule has 0 amide bonds. The van der Waals surface area contributed by atoms with Crippen LogP contribution in [-0.2, 0) is 0 Å². The molecule has 0 atom stereocenters. The van der Waals surface area contributed by atoms with Crippen molar-refractivity contribution in [3.8, 4) is 16.7 Å². The summed E-state index contributed by atoms with van der Waals surface area (Å²) in [5.41, 5.74) is 0. The predicted octanol–water partition coefficient (Wildman–Crippen LogP) is 4.06. The lowest BCUT2D eigenvalue weighted by Crippen LogP contribution is -1.91. The second kappa shape index (κ2) is 5.77. The van der Waals surface area contributed by atoms with Crippen LogP contribution >= 0.6 is 38.9 Å². The summed E-state index contributed by atoms with van der Waals surface area (Å²) in [5, 5.41) is 8.95. The first-order valence-corrected chi connectivity index (χ1v) is 6.91. The third-order valence-corrected chi connectivity index (χ3v) is 4.02. The van der Waals surface area contributed by atoms with E-state index in [-0.39, 0.29) is 15.2 Å². The summed E-state index contributed by atoms with van der Waals surface area (Å²) in [7, 11) is 1.56. The van der Waals surface area contributed by atoms with E-state index in [9.17, 15) is 4.79 Å². The van der Waals surface area contributed by atoms with Crippen LogP contribution in [0.15, 0.2) is 22.7 Å². The molecule has 2 rings (SSSR count). The maximum atomic E-state index is 10.8. The fourth-order valence-electron chi connectivity index (χ4n) is 1.24. The van der Waals surface area contributed by atoms with E-state index >= 15 is 0 Å². The van der Waals surface area contributed by atoms with E-state index in [0.29, 0.717) is 16.0 Å². The number of hydrogen-bond donors (Lipinski definition) is 1. The van der Waals surface area contributed by atoms with Gasteiger partial charge in [0.05, 0.1) is 11.6 Å². The lowest BCUT2D eigenvalue weighted by molar-refractivity contribution is 0.0702. The van der Waals surface area contributed by atoms with Gasteiger partial charge in [-0.15, -0.1) is 0 Å². The molecular formula is C11H7BrClNO4S. The van der Waals surface area contributed by atoms with Gasteiger partial charge in [-0.3, -0.25) is 0 Å². The number of thiazole rings is 1. The summed E-state index contributed by atoms with van der Waals surface area (Å²) in [5.74, 6) is 0.0249. The van der Waals surface area contributed by atoms with Crippen LogP contribution in [0.25, 0.3) is 0 Å². The van der Waals surface area contributed by atoms with E-state index in [0.717, 1.165) is 11.3 Å². The molecule has 5 nitrogen and oxygen atoms in total. The van der Waals surface area contributed by atoms with Gasteiger partial charge in [0.1, 0.15) is 11.5 Å². The molecule has 1 N–H and O–H groups in total. The molecular weight excluding hydrogens is 358 g/mol. The van der Waals surface area contributed by atoms with Crippen LogP contribution in [0.2, 0.25) is 5.15 Å². The molecule has 0 saturated carbocycles. The summed E-state index contributed by atoms with van der Waals surface area (Å²) >= 11 is 9.89. The zero-order valence-electron chi connectivity index (χ0n) is 9.52. The number of carbonyl (C=O) groups is 1. The number of hydrogen-bond acceptors (Lipinski definition) is 5. The zero-order chi connectivity index (χ0) is 14.0. The first-order valence-electron chi connectivity index (χ1n) is 4.92. The Balaban J connectivity index is 2.26. The van der Waals surface area contributed by atoms with Crippen molar-refractivity contribution in [2.24, 2.45) is 0 Å². The minimum atomic E-state index is -1.13. The fourth-order valence-corrected chi connectivity index (χ4v) is 2.67. The van der Waals surface area contributed by atoms with Crippen LogP contribution in [0.4, 0.5) is 0 Å². The summed E-state index contributed by atoms with van der Waals surface area (Å²) in [4.78, 5) is 14.6. The van der Waals surface area contributed by atoms with Crippen molar-refractivity contribution in [3.63, 3.8) is 0 Å². The summed E-state index contributed by atoms with van der Waals surface area (Å²) in [6, 6.07) is 5.12. The number of ether oxygens (including phenoxy) is 2. The minimum Gasteiger partial charge on any atom is -0.497 e. The Morgan fingerprint density at radius 1 is 1.53 bits per heavy atom. The number of aromatic nitrogens is 1. The molecule has 0 aliphatic rings. The van der Waals surface area contributed by atoms with Gasteiger partial charge in [0.25, 0.3) is 5.19 Å². The summed E-state index contributed by atoms with van der Waals surface area (Å²) < 4.78 is 11.2. The topological polar surface area (TPSA) is 68.7 Å². The molecule has 0 radical (unpaired) electrons. The molecule has 1 aromatic heterocycles. The van der Waals surface area contributed by atoms with Crippen molar-refractivity contribution in [1.82, 2.24) is 4.98 Å². The highest BCUT2D eigenvalue weighted by molar-refractivity contribution is 9.10. The molecule has 1 heterocycles. The molecule has 0 aliphatic heterocycles. The lowest BCUT2D eigenvalue weighted by Gasteiger charge is -2.06. The first kappa shape index (κ1) is 14.1. The average Bonchev–Trinajstić information content (AvgIpc) is 2.73. The number of rotatable bonds is 4. The van der Waals surface area contributed by atoms with Gasteiger partial charge in [-0.05, 0) is 34.1 Å². The number of halogens is 2. The second-order valence-electron chi connectivity index (χ2n) is 3.30. The SMILES string of the molecule is COc1ccc(Oc2nc(Cl)c(C(=O)O)s2)c(Br)c1. The molecule has 0 saturated heterocycles. The Morgan fingerprint density at radius 2 is 2.26 bits per heavy atom. The van der Waals surface area contributed by atoms with E-state index < -0.39 is 5.97 Å². The number of benzene rings is 1. The highest BCUT2D eigenvalue weighted by Crippen LogP contribution is 2.36. The van der Waals surface area contributed by atoms with Gasteiger partial charge in [0.15, 0.2) is 10.0 Å².